The number of anilines is 1. The number of benzene rings is 1. The SMILES string of the molecule is Cc1cc(C)nc(NS(=O)(=O)Cc2ccccc2F)c1. The molecule has 106 valence electrons. The maximum Gasteiger partial charge on any atom is 0.238 e. The molecule has 0 atom stereocenters. The molecule has 0 radical (unpaired) electrons. The summed E-state index contributed by atoms with van der Waals surface area (Å²) in [6, 6.07) is 9.28. The van der Waals surface area contributed by atoms with Crippen molar-refractivity contribution < 1.29 is 12.8 Å². The van der Waals surface area contributed by atoms with Crippen LogP contribution in [0.5, 0.6) is 0 Å². The molecule has 2 aromatic rings. The molecule has 0 fully saturated rings. The van der Waals surface area contributed by atoms with E-state index in [1.165, 1.54) is 18.2 Å². The van der Waals surface area contributed by atoms with E-state index in [1.54, 1.807) is 19.1 Å². The predicted octanol–water partition coefficient (Wildman–Crippen LogP) is 2.78. The average Bonchev–Trinajstić information content (AvgIpc) is 2.29. The second kappa shape index (κ2) is 5.58. The van der Waals surface area contributed by atoms with Gasteiger partial charge in [-0.2, -0.15) is 0 Å². The zero-order valence-electron chi connectivity index (χ0n) is 11.2. The standard InChI is InChI=1S/C14H15FN2O2S/c1-10-7-11(2)16-14(8-10)17-20(18,19)9-12-5-3-4-6-13(12)15/h3-8H,9H2,1-2H3,(H,16,17). The molecule has 4 nitrogen and oxygen atoms in total. The van der Waals surface area contributed by atoms with Gasteiger partial charge in [0.2, 0.25) is 10.0 Å². The number of halogens is 1. The Bertz CT molecular complexity index is 709. The lowest BCUT2D eigenvalue weighted by Gasteiger charge is -2.09. The van der Waals surface area contributed by atoms with E-state index in [4.69, 9.17) is 0 Å². The summed E-state index contributed by atoms with van der Waals surface area (Å²) in [4.78, 5) is 4.10. The van der Waals surface area contributed by atoms with Crippen molar-refractivity contribution in [3.05, 3.63) is 59.0 Å². The van der Waals surface area contributed by atoms with Crippen molar-refractivity contribution in [2.24, 2.45) is 0 Å². The van der Waals surface area contributed by atoms with Crippen molar-refractivity contribution in [1.29, 1.82) is 0 Å². The largest absolute Gasteiger partial charge is 0.267 e. The fraction of sp³-hybridized carbons (Fsp3) is 0.214. The molecule has 0 spiro atoms. The summed E-state index contributed by atoms with van der Waals surface area (Å²) in [6.45, 7) is 3.63. The van der Waals surface area contributed by atoms with E-state index in [9.17, 15) is 12.8 Å². The highest BCUT2D eigenvalue weighted by Gasteiger charge is 2.15. The summed E-state index contributed by atoms with van der Waals surface area (Å²) in [5.74, 6) is -0.709. The van der Waals surface area contributed by atoms with Crippen molar-refractivity contribution in [1.82, 2.24) is 4.98 Å². The third kappa shape index (κ3) is 3.77. The zero-order valence-corrected chi connectivity index (χ0v) is 12.0. The monoisotopic (exact) mass is 294 g/mol. The quantitative estimate of drug-likeness (QED) is 0.943. The molecular formula is C14H15FN2O2S. The third-order valence-corrected chi connectivity index (χ3v) is 3.87. The van der Waals surface area contributed by atoms with Crippen LogP contribution in [0.1, 0.15) is 16.8 Å². The van der Waals surface area contributed by atoms with Crippen LogP contribution in [0.25, 0.3) is 0 Å². The smallest absolute Gasteiger partial charge is 0.238 e. The second-order valence-corrected chi connectivity index (χ2v) is 6.35. The van der Waals surface area contributed by atoms with Crippen LogP contribution in [0.3, 0.4) is 0 Å². The summed E-state index contributed by atoms with van der Waals surface area (Å²) in [6.07, 6.45) is 0. The van der Waals surface area contributed by atoms with Gasteiger partial charge in [0, 0.05) is 11.3 Å². The first-order valence-electron chi connectivity index (χ1n) is 6.05. The molecule has 0 aliphatic rings. The van der Waals surface area contributed by atoms with E-state index in [0.29, 0.717) is 5.69 Å². The van der Waals surface area contributed by atoms with Gasteiger partial charge in [-0.1, -0.05) is 18.2 Å². The topological polar surface area (TPSA) is 59.1 Å². The highest BCUT2D eigenvalue weighted by molar-refractivity contribution is 7.91. The van der Waals surface area contributed by atoms with Gasteiger partial charge in [-0.3, -0.25) is 4.72 Å². The summed E-state index contributed by atoms with van der Waals surface area (Å²) < 4.78 is 39.9. The minimum absolute atomic E-state index is 0.129. The van der Waals surface area contributed by atoms with Gasteiger partial charge in [0.05, 0.1) is 5.75 Å². The van der Waals surface area contributed by atoms with Gasteiger partial charge in [0.15, 0.2) is 0 Å². The number of sulfonamides is 1. The number of pyridine rings is 1. The van der Waals surface area contributed by atoms with E-state index in [-0.39, 0.29) is 11.4 Å². The van der Waals surface area contributed by atoms with Crippen LogP contribution < -0.4 is 4.72 Å². The van der Waals surface area contributed by atoms with Crippen LogP contribution in [-0.2, 0) is 15.8 Å². The molecule has 1 N–H and O–H groups in total. The zero-order chi connectivity index (χ0) is 14.8. The molecule has 0 aliphatic heterocycles. The lowest BCUT2D eigenvalue weighted by atomic mass is 10.2. The summed E-state index contributed by atoms with van der Waals surface area (Å²) in [5.41, 5.74) is 1.75. The van der Waals surface area contributed by atoms with Gasteiger partial charge in [0.1, 0.15) is 11.6 Å². The van der Waals surface area contributed by atoms with E-state index in [1.807, 2.05) is 13.0 Å². The maximum atomic E-state index is 13.5. The van der Waals surface area contributed by atoms with Crippen LogP contribution in [0, 0.1) is 19.7 Å². The molecule has 1 aromatic carbocycles. The molecule has 1 aromatic heterocycles. The highest BCUT2D eigenvalue weighted by atomic mass is 32.2. The predicted molar refractivity (Wildman–Crippen MR) is 76.4 cm³/mol. The number of hydrogen-bond acceptors (Lipinski definition) is 3. The first kappa shape index (κ1) is 14.5. The van der Waals surface area contributed by atoms with Gasteiger partial charge in [-0.15, -0.1) is 0 Å². The van der Waals surface area contributed by atoms with E-state index < -0.39 is 21.6 Å². The number of nitrogens with zero attached hydrogens (tertiary/aromatic N) is 1. The van der Waals surface area contributed by atoms with Crippen LogP contribution in [0.4, 0.5) is 10.2 Å². The lowest BCUT2D eigenvalue weighted by Crippen LogP contribution is -2.17. The van der Waals surface area contributed by atoms with Crippen molar-refractivity contribution in [2.45, 2.75) is 19.6 Å². The number of hydrogen-bond donors (Lipinski definition) is 1. The van der Waals surface area contributed by atoms with Crippen LogP contribution in [0.15, 0.2) is 36.4 Å². The maximum absolute atomic E-state index is 13.5. The van der Waals surface area contributed by atoms with Gasteiger partial charge in [0.25, 0.3) is 0 Å². The van der Waals surface area contributed by atoms with Crippen LogP contribution in [-0.4, -0.2) is 13.4 Å². The molecule has 0 aliphatic carbocycles. The molecule has 6 heteroatoms. The average molecular weight is 294 g/mol. The summed E-state index contributed by atoms with van der Waals surface area (Å²) in [7, 11) is -3.70. The van der Waals surface area contributed by atoms with Gasteiger partial charge >= 0.3 is 0 Å². The molecule has 0 saturated carbocycles. The molecule has 0 bridgehead atoms. The van der Waals surface area contributed by atoms with Crippen molar-refractivity contribution in [3.63, 3.8) is 0 Å². The third-order valence-electron chi connectivity index (χ3n) is 2.66. The van der Waals surface area contributed by atoms with Crippen LogP contribution >= 0.6 is 0 Å². The Morgan fingerprint density at radius 2 is 1.90 bits per heavy atom. The Morgan fingerprint density at radius 1 is 1.20 bits per heavy atom. The fourth-order valence-corrected chi connectivity index (χ4v) is 3.05. The Kier molecular flexibility index (Phi) is 4.04. The van der Waals surface area contributed by atoms with Gasteiger partial charge < -0.3 is 0 Å². The summed E-state index contributed by atoms with van der Waals surface area (Å²) >= 11 is 0. The molecule has 0 unspecified atom stereocenters. The Labute approximate surface area is 117 Å². The number of nitrogens with one attached hydrogen (secondary N) is 1. The lowest BCUT2D eigenvalue weighted by molar-refractivity contribution is 0.591. The van der Waals surface area contributed by atoms with Gasteiger partial charge in [-0.05, 0) is 37.6 Å². The molecular weight excluding hydrogens is 279 g/mol. The number of aryl methyl sites for hydroxylation is 2. The first-order valence-corrected chi connectivity index (χ1v) is 7.70. The van der Waals surface area contributed by atoms with E-state index in [2.05, 4.69) is 9.71 Å². The molecule has 20 heavy (non-hydrogen) atoms. The second-order valence-electron chi connectivity index (χ2n) is 4.62. The Balaban J connectivity index is 2.21. The number of rotatable bonds is 4. The molecule has 0 saturated heterocycles. The highest BCUT2D eigenvalue weighted by Crippen LogP contribution is 2.15. The minimum Gasteiger partial charge on any atom is -0.267 e. The van der Waals surface area contributed by atoms with Crippen molar-refractivity contribution >= 4 is 15.8 Å². The van der Waals surface area contributed by atoms with E-state index >= 15 is 0 Å². The minimum atomic E-state index is -3.70. The van der Waals surface area contributed by atoms with Crippen molar-refractivity contribution in [2.75, 3.05) is 4.72 Å². The number of aromatic nitrogens is 1. The summed E-state index contributed by atoms with van der Waals surface area (Å²) in [5, 5.41) is 0. The Hall–Kier alpha value is -1.95. The molecule has 1 heterocycles. The molecule has 0 amide bonds. The fourth-order valence-electron chi connectivity index (χ4n) is 1.91. The first-order chi connectivity index (χ1) is 9.35. The van der Waals surface area contributed by atoms with Crippen LogP contribution in [0.2, 0.25) is 0 Å². The Morgan fingerprint density at radius 3 is 2.55 bits per heavy atom. The van der Waals surface area contributed by atoms with Crippen molar-refractivity contribution in [3.8, 4) is 0 Å². The molecule has 2 rings (SSSR count). The van der Waals surface area contributed by atoms with Gasteiger partial charge in [-0.25, -0.2) is 17.8 Å². The normalized spacial score (nSPS) is 11.3. The van der Waals surface area contributed by atoms with E-state index in [0.717, 1.165) is 5.56 Å².